The number of hydrazone groups is 1. The molecule has 1 aliphatic heterocycles. The molecule has 0 radical (unpaired) electrons. The third-order valence-corrected chi connectivity index (χ3v) is 3.64. The molecule has 0 atom stereocenters. The number of aromatic nitrogens is 1. The Kier molecular flexibility index (Phi) is 2.83. The molecule has 3 aromatic rings. The normalized spacial score (nSPS) is 13.8. The van der Waals surface area contributed by atoms with Gasteiger partial charge in [-0.2, -0.15) is 0 Å². The topological polar surface area (TPSA) is 74.5 Å². The molecule has 0 saturated carbocycles. The minimum Gasteiger partial charge on any atom is -0.355 e. The second-order valence-corrected chi connectivity index (χ2v) is 5.44. The van der Waals surface area contributed by atoms with E-state index in [0.29, 0.717) is 0 Å². The van der Waals surface area contributed by atoms with Gasteiger partial charge in [-0.25, -0.2) is 5.53 Å². The number of amidine groups is 1. The summed E-state index contributed by atoms with van der Waals surface area (Å²) in [5, 5.41) is 9.25. The molecular formula is C16H15N5O. The Morgan fingerprint density at radius 1 is 0.955 bits per heavy atom. The molecule has 6 heteroatoms. The number of nitrogens with one attached hydrogen (secondary N) is 3. The first-order valence-corrected chi connectivity index (χ1v) is 7.03. The zero-order valence-electron chi connectivity index (χ0n) is 12.3. The first-order chi connectivity index (χ1) is 10.7. The summed E-state index contributed by atoms with van der Waals surface area (Å²) in [5.74, 6) is 1.51. The Morgan fingerprint density at radius 2 is 1.77 bits per heavy atom. The van der Waals surface area contributed by atoms with Crippen LogP contribution >= 0.6 is 0 Å². The molecular weight excluding hydrogens is 278 g/mol. The van der Waals surface area contributed by atoms with E-state index in [-0.39, 0.29) is 0 Å². The molecule has 22 heavy (non-hydrogen) atoms. The highest BCUT2D eigenvalue weighted by atomic mass is 16.5. The largest absolute Gasteiger partial charge is 0.355 e. The van der Waals surface area contributed by atoms with Gasteiger partial charge in [0, 0.05) is 11.1 Å². The first kappa shape index (κ1) is 12.8. The fourth-order valence-corrected chi connectivity index (χ4v) is 2.74. The summed E-state index contributed by atoms with van der Waals surface area (Å²) < 4.78 is 5.59. The highest BCUT2D eigenvalue weighted by molar-refractivity contribution is 6.03. The van der Waals surface area contributed by atoms with Crippen LogP contribution in [0.15, 0.2) is 46.0 Å². The summed E-state index contributed by atoms with van der Waals surface area (Å²) in [6, 6.07) is 12.3. The van der Waals surface area contributed by atoms with Crippen molar-refractivity contribution >= 4 is 16.7 Å². The molecule has 1 aliphatic rings. The number of benzene rings is 2. The molecule has 0 saturated heterocycles. The standard InChI is InChI=1S/C16H15N5O/c1-9-5-10(2)7-12(6-9)15-13-8-11(16-17-20-21-18-16)3-4-14(13)19-22-15/h3-8,20-21H,1-2H3,(H,17,18). The average Bonchev–Trinajstić information content (AvgIpc) is 3.15. The third-order valence-electron chi connectivity index (χ3n) is 3.64. The summed E-state index contributed by atoms with van der Waals surface area (Å²) >= 11 is 0. The monoisotopic (exact) mass is 293 g/mol. The molecule has 0 spiro atoms. The van der Waals surface area contributed by atoms with Crippen molar-refractivity contribution in [3.8, 4) is 11.3 Å². The summed E-state index contributed by atoms with van der Waals surface area (Å²) in [5.41, 5.74) is 13.6. The van der Waals surface area contributed by atoms with E-state index >= 15 is 0 Å². The smallest absolute Gasteiger partial charge is 0.174 e. The van der Waals surface area contributed by atoms with Crippen LogP contribution in [0.3, 0.4) is 0 Å². The molecule has 3 N–H and O–H groups in total. The van der Waals surface area contributed by atoms with Crippen molar-refractivity contribution in [1.82, 2.24) is 21.7 Å². The van der Waals surface area contributed by atoms with Gasteiger partial charge in [-0.15, -0.1) is 10.6 Å². The lowest BCUT2D eigenvalue weighted by molar-refractivity contribution is 0.441. The number of fused-ring (bicyclic) bond motifs is 1. The molecule has 0 bridgehead atoms. The Morgan fingerprint density at radius 3 is 2.50 bits per heavy atom. The van der Waals surface area contributed by atoms with Crippen LogP contribution in [0.2, 0.25) is 0 Å². The van der Waals surface area contributed by atoms with Crippen LogP contribution in [0.25, 0.3) is 22.2 Å². The van der Waals surface area contributed by atoms with E-state index in [9.17, 15) is 0 Å². The van der Waals surface area contributed by atoms with Crippen molar-refractivity contribution in [3.05, 3.63) is 53.1 Å². The molecule has 2 heterocycles. The van der Waals surface area contributed by atoms with Crippen molar-refractivity contribution in [2.45, 2.75) is 13.8 Å². The van der Waals surface area contributed by atoms with Gasteiger partial charge in [-0.1, -0.05) is 22.3 Å². The Labute approximate surface area is 127 Å². The highest BCUT2D eigenvalue weighted by Crippen LogP contribution is 2.30. The summed E-state index contributed by atoms with van der Waals surface area (Å²) in [6.07, 6.45) is 0. The van der Waals surface area contributed by atoms with E-state index in [4.69, 9.17) is 4.52 Å². The number of hydrazine groups is 2. The van der Waals surface area contributed by atoms with Crippen molar-refractivity contribution in [3.63, 3.8) is 0 Å². The van der Waals surface area contributed by atoms with Gasteiger partial charge in [0.15, 0.2) is 11.6 Å². The number of nitrogens with zero attached hydrogens (tertiary/aromatic N) is 2. The molecule has 0 amide bonds. The van der Waals surface area contributed by atoms with E-state index in [1.165, 1.54) is 11.1 Å². The molecule has 0 aliphatic carbocycles. The predicted octanol–water partition coefficient (Wildman–Crippen LogP) is 2.39. The Bertz CT molecular complexity index is 876. The predicted molar refractivity (Wildman–Crippen MR) is 84.9 cm³/mol. The van der Waals surface area contributed by atoms with Gasteiger partial charge < -0.3 is 4.52 Å². The van der Waals surface area contributed by atoms with Crippen LogP contribution in [-0.4, -0.2) is 11.0 Å². The fraction of sp³-hybridized carbons (Fsp3) is 0.125. The van der Waals surface area contributed by atoms with Crippen LogP contribution in [0.1, 0.15) is 16.7 Å². The maximum Gasteiger partial charge on any atom is 0.174 e. The van der Waals surface area contributed by atoms with Gasteiger partial charge >= 0.3 is 0 Å². The van der Waals surface area contributed by atoms with Crippen LogP contribution in [0, 0.1) is 13.8 Å². The fourth-order valence-electron chi connectivity index (χ4n) is 2.74. The number of rotatable bonds is 2. The van der Waals surface area contributed by atoms with E-state index in [0.717, 1.165) is 33.6 Å². The van der Waals surface area contributed by atoms with E-state index in [1.54, 1.807) is 0 Å². The lowest BCUT2D eigenvalue weighted by atomic mass is 10.0. The second-order valence-electron chi connectivity index (χ2n) is 5.44. The molecule has 4 rings (SSSR count). The van der Waals surface area contributed by atoms with Crippen LogP contribution in [0.4, 0.5) is 0 Å². The Balaban J connectivity index is 1.89. The molecule has 110 valence electrons. The quantitative estimate of drug-likeness (QED) is 0.676. The summed E-state index contributed by atoms with van der Waals surface area (Å²) in [7, 11) is 0. The maximum absolute atomic E-state index is 5.59. The van der Waals surface area contributed by atoms with Gasteiger partial charge in [0.1, 0.15) is 5.52 Å². The molecule has 1 aromatic heterocycles. The lowest BCUT2D eigenvalue weighted by Crippen LogP contribution is -2.35. The molecule has 6 nitrogen and oxygen atoms in total. The van der Waals surface area contributed by atoms with Gasteiger partial charge in [0.05, 0.1) is 5.39 Å². The van der Waals surface area contributed by atoms with Crippen molar-refractivity contribution in [2.24, 2.45) is 5.10 Å². The minimum atomic E-state index is 0.731. The van der Waals surface area contributed by atoms with E-state index in [2.05, 4.69) is 58.8 Å². The van der Waals surface area contributed by atoms with Crippen LogP contribution in [-0.2, 0) is 0 Å². The third kappa shape index (κ3) is 2.10. The van der Waals surface area contributed by atoms with Gasteiger partial charge in [0.25, 0.3) is 0 Å². The van der Waals surface area contributed by atoms with Crippen molar-refractivity contribution < 1.29 is 4.52 Å². The molecule has 0 unspecified atom stereocenters. The number of hydrogen-bond acceptors (Lipinski definition) is 6. The highest BCUT2D eigenvalue weighted by Gasteiger charge is 2.15. The zero-order valence-corrected chi connectivity index (χ0v) is 12.3. The van der Waals surface area contributed by atoms with Crippen molar-refractivity contribution in [1.29, 1.82) is 0 Å². The SMILES string of the molecule is Cc1cc(C)cc(-c2onc3ccc(C4=NNNN4)cc23)c1. The summed E-state index contributed by atoms with van der Waals surface area (Å²) in [6.45, 7) is 4.16. The number of aryl methyl sites for hydroxylation is 2. The van der Waals surface area contributed by atoms with Crippen LogP contribution in [0.5, 0.6) is 0 Å². The number of hydrogen-bond donors (Lipinski definition) is 3. The van der Waals surface area contributed by atoms with E-state index in [1.807, 2.05) is 18.2 Å². The van der Waals surface area contributed by atoms with E-state index < -0.39 is 0 Å². The second kappa shape index (κ2) is 4.85. The van der Waals surface area contributed by atoms with Gasteiger partial charge in [-0.3, -0.25) is 5.43 Å². The molecule has 0 fully saturated rings. The average molecular weight is 293 g/mol. The van der Waals surface area contributed by atoms with Gasteiger partial charge in [-0.05, 0) is 44.2 Å². The minimum absolute atomic E-state index is 0.731. The maximum atomic E-state index is 5.59. The van der Waals surface area contributed by atoms with Crippen LogP contribution < -0.4 is 16.5 Å². The summed E-state index contributed by atoms with van der Waals surface area (Å²) in [4.78, 5) is 0. The lowest BCUT2D eigenvalue weighted by Gasteiger charge is -2.03. The molecule has 2 aromatic carbocycles. The first-order valence-electron chi connectivity index (χ1n) is 7.03. The van der Waals surface area contributed by atoms with Gasteiger partial charge in [0.2, 0.25) is 0 Å². The Hall–Kier alpha value is -2.86. The van der Waals surface area contributed by atoms with Crippen molar-refractivity contribution in [2.75, 3.05) is 0 Å². The zero-order chi connectivity index (χ0) is 15.1.